The van der Waals surface area contributed by atoms with Crippen LogP contribution in [0.4, 0.5) is 18.3 Å². The number of aliphatic hydroxyl groups is 1. The van der Waals surface area contributed by atoms with Crippen LogP contribution in [0.15, 0.2) is 0 Å². The van der Waals surface area contributed by atoms with Crippen molar-refractivity contribution in [3.05, 3.63) is 10.6 Å². The number of anilines is 1. The SMILES string of the molecule is CCCN(CC(F)(F)F)c1nc(COC)c(CO)s1. The molecule has 0 aliphatic carbocycles. The van der Waals surface area contributed by atoms with Gasteiger partial charge in [-0.05, 0) is 6.42 Å². The Morgan fingerprint density at radius 3 is 2.58 bits per heavy atom. The van der Waals surface area contributed by atoms with E-state index in [4.69, 9.17) is 4.74 Å². The summed E-state index contributed by atoms with van der Waals surface area (Å²) >= 11 is 1.07. The number of methoxy groups -OCH3 is 1. The predicted octanol–water partition coefficient (Wildman–Crippen LogP) is 2.56. The van der Waals surface area contributed by atoms with Gasteiger partial charge in [0.2, 0.25) is 0 Å². The average molecular weight is 298 g/mol. The van der Waals surface area contributed by atoms with Gasteiger partial charge in [-0.3, -0.25) is 0 Å². The number of hydrogen-bond acceptors (Lipinski definition) is 5. The van der Waals surface area contributed by atoms with Crippen LogP contribution in [0.25, 0.3) is 0 Å². The molecule has 0 bridgehead atoms. The molecule has 0 saturated carbocycles. The van der Waals surface area contributed by atoms with Gasteiger partial charge in [-0.2, -0.15) is 13.2 Å². The minimum absolute atomic E-state index is 0.179. The third-order valence-electron chi connectivity index (χ3n) is 2.33. The van der Waals surface area contributed by atoms with Crippen LogP contribution >= 0.6 is 11.3 Å². The van der Waals surface area contributed by atoms with E-state index < -0.39 is 12.7 Å². The quantitative estimate of drug-likeness (QED) is 0.840. The number of rotatable bonds is 7. The first-order valence-electron chi connectivity index (χ1n) is 5.81. The molecule has 0 saturated heterocycles. The molecule has 0 fully saturated rings. The van der Waals surface area contributed by atoms with E-state index >= 15 is 0 Å². The Kier molecular flexibility index (Phi) is 6.02. The summed E-state index contributed by atoms with van der Waals surface area (Å²) < 4.78 is 42.5. The first-order chi connectivity index (χ1) is 8.91. The lowest BCUT2D eigenvalue weighted by molar-refractivity contribution is -0.119. The minimum atomic E-state index is -4.28. The standard InChI is InChI=1S/C11H17F3N2O2S/c1-3-4-16(7-11(12,13)14)10-15-8(6-18-2)9(5-17)19-10/h17H,3-7H2,1-2H3. The number of halogens is 3. The van der Waals surface area contributed by atoms with Gasteiger partial charge >= 0.3 is 6.18 Å². The molecule has 0 amide bonds. The van der Waals surface area contributed by atoms with E-state index in [1.807, 2.05) is 0 Å². The van der Waals surface area contributed by atoms with Crippen molar-refractivity contribution in [2.45, 2.75) is 32.7 Å². The summed E-state index contributed by atoms with van der Waals surface area (Å²) in [5.41, 5.74) is 0.494. The molecule has 1 aromatic rings. The molecule has 8 heteroatoms. The second-order valence-electron chi connectivity index (χ2n) is 3.99. The molecule has 110 valence electrons. The van der Waals surface area contributed by atoms with E-state index in [9.17, 15) is 18.3 Å². The highest BCUT2D eigenvalue weighted by Crippen LogP contribution is 2.29. The van der Waals surface area contributed by atoms with Crippen LogP contribution in [0.1, 0.15) is 23.9 Å². The molecule has 1 aromatic heterocycles. The van der Waals surface area contributed by atoms with Crippen molar-refractivity contribution in [1.29, 1.82) is 0 Å². The Labute approximate surface area is 113 Å². The van der Waals surface area contributed by atoms with E-state index in [1.54, 1.807) is 6.92 Å². The summed E-state index contributed by atoms with van der Waals surface area (Å²) in [6, 6.07) is 0. The highest BCUT2D eigenvalue weighted by molar-refractivity contribution is 7.15. The Morgan fingerprint density at radius 2 is 2.11 bits per heavy atom. The molecule has 1 N–H and O–H groups in total. The number of thiazole rings is 1. The van der Waals surface area contributed by atoms with Crippen molar-refractivity contribution in [2.75, 3.05) is 25.1 Å². The molecular weight excluding hydrogens is 281 g/mol. The van der Waals surface area contributed by atoms with Crippen molar-refractivity contribution < 1.29 is 23.0 Å². The van der Waals surface area contributed by atoms with Crippen molar-refractivity contribution >= 4 is 16.5 Å². The molecule has 0 radical (unpaired) electrons. The van der Waals surface area contributed by atoms with Crippen LogP contribution in [0.3, 0.4) is 0 Å². The molecule has 1 rings (SSSR count). The molecule has 0 atom stereocenters. The summed E-state index contributed by atoms with van der Waals surface area (Å²) in [6.07, 6.45) is -3.69. The second-order valence-corrected chi connectivity index (χ2v) is 5.06. The maximum atomic E-state index is 12.5. The van der Waals surface area contributed by atoms with E-state index in [1.165, 1.54) is 12.0 Å². The van der Waals surface area contributed by atoms with Gasteiger partial charge in [0.05, 0.1) is 23.8 Å². The van der Waals surface area contributed by atoms with Gasteiger partial charge < -0.3 is 14.7 Å². The minimum Gasteiger partial charge on any atom is -0.391 e. The van der Waals surface area contributed by atoms with Gasteiger partial charge in [0.15, 0.2) is 5.13 Å². The lowest BCUT2D eigenvalue weighted by Gasteiger charge is -2.22. The van der Waals surface area contributed by atoms with E-state index in [0.29, 0.717) is 17.0 Å². The fourth-order valence-electron chi connectivity index (χ4n) is 1.61. The van der Waals surface area contributed by atoms with Crippen molar-refractivity contribution in [3.8, 4) is 0 Å². The molecule has 4 nitrogen and oxygen atoms in total. The van der Waals surface area contributed by atoms with Crippen LogP contribution in [-0.4, -0.2) is 36.5 Å². The van der Waals surface area contributed by atoms with Gasteiger partial charge in [0.25, 0.3) is 0 Å². The monoisotopic (exact) mass is 298 g/mol. The van der Waals surface area contributed by atoms with Gasteiger partial charge in [0, 0.05) is 13.7 Å². The third-order valence-corrected chi connectivity index (χ3v) is 3.47. The summed E-state index contributed by atoms with van der Waals surface area (Å²) in [6.45, 7) is 0.969. The Hall–Kier alpha value is -0.860. The molecule has 0 aliphatic heterocycles. The first-order valence-corrected chi connectivity index (χ1v) is 6.63. The van der Waals surface area contributed by atoms with Crippen LogP contribution in [0.2, 0.25) is 0 Å². The van der Waals surface area contributed by atoms with Crippen LogP contribution in [-0.2, 0) is 18.0 Å². The van der Waals surface area contributed by atoms with Crippen LogP contribution in [0, 0.1) is 0 Å². The van der Waals surface area contributed by atoms with Crippen LogP contribution in [0.5, 0.6) is 0 Å². The normalized spacial score (nSPS) is 11.9. The van der Waals surface area contributed by atoms with Crippen molar-refractivity contribution in [2.24, 2.45) is 0 Å². The fourth-order valence-corrected chi connectivity index (χ4v) is 2.55. The smallest absolute Gasteiger partial charge is 0.391 e. The number of aliphatic hydroxyl groups excluding tert-OH is 1. The highest BCUT2D eigenvalue weighted by atomic mass is 32.1. The predicted molar refractivity (Wildman–Crippen MR) is 67.3 cm³/mol. The largest absolute Gasteiger partial charge is 0.406 e. The first kappa shape index (κ1) is 16.2. The van der Waals surface area contributed by atoms with Gasteiger partial charge in [-0.15, -0.1) is 0 Å². The molecule has 0 aromatic carbocycles. The average Bonchev–Trinajstić information content (AvgIpc) is 2.70. The molecule has 0 unspecified atom stereocenters. The lowest BCUT2D eigenvalue weighted by Crippen LogP contribution is -2.34. The molecule has 0 spiro atoms. The van der Waals surface area contributed by atoms with E-state index in [2.05, 4.69) is 4.98 Å². The number of ether oxygens (including phenoxy) is 1. The van der Waals surface area contributed by atoms with Gasteiger partial charge in [-0.1, -0.05) is 18.3 Å². The van der Waals surface area contributed by atoms with Crippen molar-refractivity contribution in [1.82, 2.24) is 4.98 Å². The van der Waals surface area contributed by atoms with E-state index in [-0.39, 0.29) is 24.9 Å². The summed E-state index contributed by atoms with van der Waals surface area (Å²) in [5.74, 6) is 0. The summed E-state index contributed by atoms with van der Waals surface area (Å²) in [4.78, 5) is 5.86. The number of alkyl halides is 3. The van der Waals surface area contributed by atoms with Gasteiger partial charge in [-0.25, -0.2) is 4.98 Å². The zero-order valence-corrected chi connectivity index (χ0v) is 11.6. The third kappa shape index (κ3) is 4.96. The number of hydrogen-bond donors (Lipinski definition) is 1. The fraction of sp³-hybridized carbons (Fsp3) is 0.727. The second kappa shape index (κ2) is 7.06. The molecule has 0 aliphatic rings. The maximum absolute atomic E-state index is 12.5. The lowest BCUT2D eigenvalue weighted by atomic mass is 10.4. The van der Waals surface area contributed by atoms with Crippen molar-refractivity contribution in [3.63, 3.8) is 0 Å². The summed E-state index contributed by atoms with van der Waals surface area (Å²) in [7, 11) is 1.47. The number of nitrogens with zero attached hydrogens (tertiary/aromatic N) is 2. The maximum Gasteiger partial charge on any atom is 0.406 e. The Morgan fingerprint density at radius 1 is 1.42 bits per heavy atom. The van der Waals surface area contributed by atoms with Crippen LogP contribution < -0.4 is 4.90 Å². The Bertz CT molecular complexity index is 396. The summed E-state index contributed by atoms with van der Waals surface area (Å²) in [5, 5.41) is 9.45. The highest BCUT2D eigenvalue weighted by Gasteiger charge is 2.32. The zero-order chi connectivity index (χ0) is 14.5. The van der Waals surface area contributed by atoms with E-state index in [0.717, 1.165) is 11.3 Å². The molecular formula is C11H17F3N2O2S. The molecule has 19 heavy (non-hydrogen) atoms. The topological polar surface area (TPSA) is 45.6 Å². The molecule has 1 heterocycles. The Balaban J connectivity index is 2.95. The zero-order valence-electron chi connectivity index (χ0n) is 10.8. The van der Waals surface area contributed by atoms with Gasteiger partial charge in [0.1, 0.15) is 6.54 Å². The number of aromatic nitrogens is 1.